The van der Waals surface area contributed by atoms with Gasteiger partial charge in [-0.1, -0.05) is 29.3 Å². The first kappa shape index (κ1) is 14.2. The van der Waals surface area contributed by atoms with Gasteiger partial charge in [-0.15, -0.1) is 0 Å². The summed E-state index contributed by atoms with van der Waals surface area (Å²) in [5.41, 5.74) is 2.80. The second-order valence-corrected chi connectivity index (χ2v) is 5.34. The van der Waals surface area contributed by atoms with Crippen LogP contribution in [0.2, 0.25) is 5.02 Å². The Morgan fingerprint density at radius 2 is 2.16 bits per heavy atom. The number of aryl methyl sites for hydroxylation is 1. The van der Waals surface area contributed by atoms with E-state index in [0.29, 0.717) is 6.42 Å². The third kappa shape index (κ3) is 3.02. The van der Waals surface area contributed by atoms with Crippen molar-refractivity contribution in [3.63, 3.8) is 0 Å². The molecule has 0 aliphatic rings. The van der Waals surface area contributed by atoms with E-state index in [9.17, 15) is 0 Å². The monoisotopic (exact) mass is 295 g/mol. The van der Waals surface area contributed by atoms with Gasteiger partial charge in [-0.05, 0) is 44.0 Å². The molecule has 4 heteroatoms. The van der Waals surface area contributed by atoms with Gasteiger partial charge in [0.2, 0.25) is 0 Å². The van der Waals surface area contributed by atoms with Crippen LogP contribution in [0.4, 0.5) is 0 Å². The fraction of sp³-hybridized carbons (Fsp3) is 0.267. The number of methoxy groups -OCH3 is 1. The van der Waals surface area contributed by atoms with Crippen molar-refractivity contribution in [3.05, 3.63) is 45.6 Å². The third-order valence-corrected chi connectivity index (χ3v) is 3.60. The van der Waals surface area contributed by atoms with E-state index in [0.717, 1.165) is 38.0 Å². The van der Waals surface area contributed by atoms with E-state index in [1.807, 2.05) is 38.1 Å². The molecule has 0 aliphatic heterocycles. The van der Waals surface area contributed by atoms with Gasteiger partial charge in [0.1, 0.15) is 5.75 Å². The number of nitrogens with zero attached hydrogens (tertiary/aromatic N) is 1. The van der Waals surface area contributed by atoms with Gasteiger partial charge in [-0.25, -0.2) is 0 Å². The van der Waals surface area contributed by atoms with Gasteiger partial charge in [0.15, 0.2) is 0 Å². The molecule has 1 aromatic heterocycles. The molecule has 0 saturated heterocycles. The SMILES string of the molecule is COc1ccc2nc(C)c(CC=C(C)Cl)c(Cl)c2c1. The summed E-state index contributed by atoms with van der Waals surface area (Å²) in [6.45, 7) is 3.81. The van der Waals surface area contributed by atoms with E-state index in [-0.39, 0.29) is 0 Å². The van der Waals surface area contributed by atoms with Crippen molar-refractivity contribution in [2.75, 3.05) is 7.11 Å². The molecular formula is C15H15Cl2NO. The Bertz CT molecular complexity index is 646. The van der Waals surface area contributed by atoms with Crippen LogP contribution in [0.1, 0.15) is 18.2 Å². The lowest BCUT2D eigenvalue weighted by Crippen LogP contribution is -1.96. The predicted molar refractivity (Wildman–Crippen MR) is 81.4 cm³/mol. The summed E-state index contributed by atoms with van der Waals surface area (Å²) < 4.78 is 5.23. The second kappa shape index (κ2) is 5.81. The molecule has 1 aromatic carbocycles. The van der Waals surface area contributed by atoms with E-state index >= 15 is 0 Å². The molecule has 19 heavy (non-hydrogen) atoms. The Labute approximate surface area is 123 Å². The molecule has 0 radical (unpaired) electrons. The molecule has 0 fully saturated rings. The largest absolute Gasteiger partial charge is 0.497 e. The fourth-order valence-corrected chi connectivity index (χ4v) is 2.41. The van der Waals surface area contributed by atoms with Crippen molar-refractivity contribution >= 4 is 34.1 Å². The summed E-state index contributed by atoms with van der Waals surface area (Å²) >= 11 is 12.4. The number of halogens is 2. The van der Waals surface area contributed by atoms with Crippen LogP contribution in [0.5, 0.6) is 5.75 Å². The van der Waals surface area contributed by atoms with Crippen molar-refractivity contribution in [3.8, 4) is 5.75 Å². The lowest BCUT2D eigenvalue weighted by Gasteiger charge is -2.10. The van der Waals surface area contributed by atoms with Gasteiger partial charge in [-0.3, -0.25) is 4.98 Å². The molecule has 0 atom stereocenters. The smallest absolute Gasteiger partial charge is 0.119 e. The number of ether oxygens (including phenoxy) is 1. The molecule has 0 unspecified atom stereocenters. The first-order valence-corrected chi connectivity index (χ1v) is 6.73. The number of rotatable bonds is 3. The molecule has 0 bridgehead atoms. The number of fused-ring (bicyclic) bond motifs is 1. The molecule has 2 aromatic rings. The molecule has 2 rings (SSSR count). The Hall–Kier alpha value is -1.25. The summed E-state index contributed by atoms with van der Waals surface area (Å²) in [4.78, 5) is 4.58. The molecular weight excluding hydrogens is 281 g/mol. The van der Waals surface area contributed by atoms with Crippen LogP contribution in [0, 0.1) is 6.92 Å². The van der Waals surface area contributed by atoms with Crippen LogP contribution < -0.4 is 4.74 Å². The number of pyridine rings is 1. The summed E-state index contributed by atoms with van der Waals surface area (Å²) in [5.74, 6) is 0.773. The average molecular weight is 296 g/mol. The van der Waals surface area contributed by atoms with Crippen LogP contribution in [-0.2, 0) is 6.42 Å². The molecule has 0 saturated carbocycles. The molecule has 0 spiro atoms. The minimum Gasteiger partial charge on any atom is -0.497 e. The first-order valence-electron chi connectivity index (χ1n) is 5.98. The lowest BCUT2D eigenvalue weighted by molar-refractivity contribution is 0.415. The van der Waals surface area contributed by atoms with E-state index in [4.69, 9.17) is 27.9 Å². The second-order valence-electron chi connectivity index (χ2n) is 4.37. The maximum Gasteiger partial charge on any atom is 0.119 e. The van der Waals surface area contributed by atoms with Gasteiger partial charge < -0.3 is 4.74 Å². The van der Waals surface area contributed by atoms with Crippen LogP contribution in [-0.4, -0.2) is 12.1 Å². The van der Waals surface area contributed by atoms with Crippen molar-refractivity contribution in [2.45, 2.75) is 20.3 Å². The van der Waals surface area contributed by atoms with Gasteiger partial charge in [-0.2, -0.15) is 0 Å². The summed E-state index contributed by atoms with van der Waals surface area (Å²) in [6, 6.07) is 5.71. The quantitative estimate of drug-likeness (QED) is 0.804. The van der Waals surface area contributed by atoms with Gasteiger partial charge in [0, 0.05) is 16.1 Å². The summed E-state index contributed by atoms with van der Waals surface area (Å²) in [5, 5.41) is 2.37. The molecule has 0 amide bonds. The van der Waals surface area contributed by atoms with Crippen LogP contribution in [0.3, 0.4) is 0 Å². The van der Waals surface area contributed by atoms with Gasteiger partial charge in [0.25, 0.3) is 0 Å². The third-order valence-electron chi connectivity index (χ3n) is 3.02. The highest BCUT2D eigenvalue weighted by Crippen LogP contribution is 2.31. The van der Waals surface area contributed by atoms with Crippen LogP contribution in [0.15, 0.2) is 29.3 Å². The van der Waals surface area contributed by atoms with Crippen LogP contribution in [0.25, 0.3) is 10.9 Å². The van der Waals surface area contributed by atoms with Gasteiger partial charge >= 0.3 is 0 Å². The number of aromatic nitrogens is 1. The Morgan fingerprint density at radius 1 is 1.42 bits per heavy atom. The van der Waals surface area contributed by atoms with Crippen molar-refractivity contribution in [2.24, 2.45) is 0 Å². The zero-order valence-electron chi connectivity index (χ0n) is 11.1. The van der Waals surface area contributed by atoms with Crippen LogP contribution >= 0.6 is 23.2 Å². The Morgan fingerprint density at radius 3 is 2.79 bits per heavy atom. The van der Waals surface area contributed by atoms with E-state index in [1.165, 1.54) is 0 Å². The van der Waals surface area contributed by atoms with Crippen molar-refractivity contribution in [1.82, 2.24) is 4.98 Å². The zero-order chi connectivity index (χ0) is 14.0. The molecule has 2 nitrogen and oxygen atoms in total. The minimum absolute atomic E-state index is 0.681. The molecule has 1 heterocycles. The van der Waals surface area contributed by atoms with Crippen molar-refractivity contribution < 1.29 is 4.74 Å². The fourth-order valence-electron chi connectivity index (χ4n) is 1.96. The number of hydrogen-bond donors (Lipinski definition) is 0. The summed E-state index contributed by atoms with van der Waals surface area (Å²) in [6.07, 6.45) is 2.61. The van der Waals surface area contributed by atoms with E-state index in [1.54, 1.807) is 7.11 Å². The number of allylic oxidation sites excluding steroid dienone is 2. The Balaban J connectivity index is 2.61. The highest BCUT2D eigenvalue weighted by atomic mass is 35.5. The normalized spacial score (nSPS) is 11.9. The topological polar surface area (TPSA) is 22.1 Å². The highest BCUT2D eigenvalue weighted by Gasteiger charge is 2.11. The predicted octanol–water partition coefficient (Wildman–Crippen LogP) is 4.89. The minimum atomic E-state index is 0.681. The highest BCUT2D eigenvalue weighted by molar-refractivity contribution is 6.36. The van der Waals surface area contributed by atoms with E-state index in [2.05, 4.69) is 4.98 Å². The van der Waals surface area contributed by atoms with Crippen molar-refractivity contribution in [1.29, 1.82) is 0 Å². The molecule has 0 aliphatic carbocycles. The molecule has 100 valence electrons. The van der Waals surface area contributed by atoms with Gasteiger partial charge in [0.05, 0.1) is 17.6 Å². The first-order chi connectivity index (χ1) is 9.02. The number of hydrogen-bond acceptors (Lipinski definition) is 2. The standard InChI is InChI=1S/C15H15Cl2NO/c1-9(16)4-6-12-10(2)18-14-7-5-11(19-3)8-13(14)15(12)17/h4-5,7-8H,6H2,1-3H3. The lowest BCUT2D eigenvalue weighted by atomic mass is 10.1. The Kier molecular flexibility index (Phi) is 4.33. The maximum atomic E-state index is 6.49. The zero-order valence-corrected chi connectivity index (χ0v) is 12.6. The molecule has 0 N–H and O–H groups in total. The number of benzene rings is 1. The summed E-state index contributed by atoms with van der Waals surface area (Å²) in [7, 11) is 1.64. The average Bonchev–Trinajstić information content (AvgIpc) is 2.38. The van der Waals surface area contributed by atoms with E-state index < -0.39 is 0 Å². The maximum absolute atomic E-state index is 6.49.